The van der Waals surface area contributed by atoms with Gasteiger partial charge in [-0.3, -0.25) is 4.79 Å². The molecule has 96 valence electrons. The molecular weight excluding hydrogens is 246 g/mol. The molecule has 1 aromatic heterocycles. The van der Waals surface area contributed by atoms with Crippen molar-refractivity contribution in [2.45, 2.75) is 25.8 Å². The van der Waals surface area contributed by atoms with Crippen molar-refractivity contribution in [3.05, 3.63) is 21.9 Å². The summed E-state index contributed by atoms with van der Waals surface area (Å²) in [4.78, 5) is 14.7. The molecule has 0 spiro atoms. The van der Waals surface area contributed by atoms with E-state index in [2.05, 4.69) is 11.8 Å². The minimum Gasteiger partial charge on any atom is -0.384 e. The normalized spacial score (nSPS) is 14.6. The van der Waals surface area contributed by atoms with Crippen molar-refractivity contribution >= 4 is 17.2 Å². The third-order valence-electron chi connectivity index (χ3n) is 3.19. The van der Waals surface area contributed by atoms with Crippen molar-refractivity contribution < 1.29 is 9.90 Å². The molecular formula is C14H17NO2S. The molecule has 1 amide bonds. The lowest BCUT2D eigenvalue weighted by molar-refractivity contribution is -0.137. The van der Waals surface area contributed by atoms with Gasteiger partial charge in [0, 0.05) is 19.5 Å². The van der Waals surface area contributed by atoms with Crippen molar-refractivity contribution in [1.29, 1.82) is 0 Å². The van der Waals surface area contributed by atoms with Crippen LogP contribution in [0.4, 0.5) is 0 Å². The zero-order chi connectivity index (χ0) is 13.0. The van der Waals surface area contributed by atoms with Gasteiger partial charge in [-0.05, 0) is 29.9 Å². The molecule has 3 nitrogen and oxygen atoms in total. The summed E-state index contributed by atoms with van der Waals surface area (Å²) < 4.78 is 0. The van der Waals surface area contributed by atoms with Crippen LogP contribution >= 0.6 is 11.3 Å². The Labute approximate surface area is 111 Å². The fourth-order valence-corrected chi connectivity index (χ4v) is 2.74. The van der Waals surface area contributed by atoms with E-state index in [4.69, 9.17) is 5.11 Å². The van der Waals surface area contributed by atoms with Gasteiger partial charge in [0.15, 0.2) is 0 Å². The van der Waals surface area contributed by atoms with Crippen LogP contribution in [0, 0.1) is 17.8 Å². The number of hydrogen-bond acceptors (Lipinski definition) is 3. The first-order valence-electron chi connectivity index (χ1n) is 6.13. The summed E-state index contributed by atoms with van der Waals surface area (Å²) in [7, 11) is 1.86. The third kappa shape index (κ3) is 3.12. The topological polar surface area (TPSA) is 40.5 Å². The molecule has 0 atom stereocenters. The molecule has 0 radical (unpaired) electrons. The second kappa shape index (κ2) is 6.03. The van der Waals surface area contributed by atoms with Crippen LogP contribution in [-0.2, 0) is 11.3 Å². The number of amides is 1. The number of carbonyl (C=O) groups excluding carboxylic acids is 1. The summed E-state index contributed by atoms with van der Waals surface area (Å²) in [6, 6.07) is 1.98. The minimum absolute atomic E-state index is 0.118. The number of hydrogen-bond donors (Lipinski definition) is 1. The van der Waals surface area contributed by atoms with Crippen LogP contribution in [0.2, 0.25) is 0 Å². The number of thiophene rings is 1. The predicted molar refractivity (Wildman–Crippen MR) is 72.1 cm³/mol. The van der Waals surface area contributed by atoms with E-state index >= 15 is 0 Å². The zero-order valence-corrected chi connectivity index (χ0v) is 11.3. The van der Waals surface area contributed by atoms with Crippen LogP contribution in [0.5, 0.6) is 0 Å². The number of rotatable bonds is 3. The van der Waals surface area contributed by atoms with Crippen molar-refractivity contribution in [2.75, 3.05) is 13.7 Å². The molecule has 1 fully saturated rings. The van der Waals surface area contributed by atoms with E-state index < -0.39 is 0 Å². The largest absolute Gasteiger partial charge is 0.384 e. The molecule has 2 rings (SSSR count). The van der Waals surface area contributed by atoms with Crippen LogP contribution in [-0.4, -0.2) is 29.6 Å². The van der Waals surface area contributed by atoms with Gasteiger partial charge < -0.3 is 10.0 Å². The fourth-order valence-electron chi connectivity index (χ4n) is 1.97. The van der Waals surface area contributed by atoms with Crippen LogP contribution < -0.4 is 0 Å². The van der Waals surface area contributed by atoms with E-state index in [0.29, 0.717) is 6.54 Å². The summed E-state index contributed by atoms with van der Waals surface area (Å²) in [6.45, 7) is 0.528. The lowest BCUT2D eigenvalue weighted by Crippen LogP contribution is -2.35. The fraction of sp³-hybridized carbons (Fsp3) is 0.500. The number of nitrogens with zero attached hydrogens (tertiary/aromatic N) is 1. The van der Waals surface area contributed by atoms with E-state index in [1.807, 2.05) is 18.5 Å². The SMILES string of the molecule is CN(Cc1csc(C#CCO)c1)C(=O)C1CCC1. The maximum absolute atomic E-state index is 12.0. The smallest absolute Gasteiger partial charge is 0.225 e. The average Bonchev–Trinajstić information content (AvgIpc) is 2.71. The Hall–Kier alpha value is -1.31. The minimum atomic E-state index is -0.118. The number of carbonyl (C=O) groups is 1. The van der Waals surface area contributed by atoms with Gasteiger partial charge in [-0.1, -0.05) is 18.3 Å². The number of aliphatic hydroxyl groups is 1. The highest BCUT2D eigenvalue weighted by Crippen LogP contribution is 2.28. The molecule has 0 saturated heterocycles. The van der Waals surface area contributed by atoms with Gasteiger partial charge in [-0.15, -0.1) is 11.3 Å². The second-order valence-corrected chi connectivity index (χ2v) is 5.51. The molecule has 18 heavy (non-hydrogen) atoms. The van der Waals surface area contributed by atoms with E-state index in [0.717, 1.165) is 23.3 Å². The van der Waals surface area contributed by atoms with Gasteiger partial charge in [0.05, 0.1) is 4.88 Å². The van der Waals surface area contributed by atoms with E-state index in [1.165, 1.54) is 6.42 Å². The quantitative estimate of drug-likeness (QED) is 0.846. The highest BCUT2D eigenvalue weighted by atomic mass is 32.1. The average molecular weight is 263 g/mol. The molecule has 1 N–H and O–H groups in total. The van der Waals surface area contributed by atoms with Gasteiger partial charge in [-0.2, -0.15) is 0 Å². The van der Waals surface area contributed by atoms with E-state index in [-0.39, 0.29) is 18.4 Å². The Kier molecular flexibility index (Phi) is 4.40. The lowest BCUT2D eigenvalue weighted by Gasteiger charge is -2.29. The van der Waals surface area contributed by atoms with E-state index in [9.17, 15) is 4.79 Å². The molecule has 0 bridgehead atoms. The molecule has 4 heteroatoms. The first-order chi connectivity index (χ1) is 8.70. The van der Waals surface area contributed by atoms with Gasteiger partial charge in [0.2, 0.25) is 5.91 Å². The van der Waals surface area contributed by atoms with Gasteiger partial charge in [0.1, 0.15) is 6.61 Å². The second-order valence-electron chi connectivity index (χ2n) is 4.60. The molecule has 1 aliphatic carbocycles. The maximum Gasteiger partial charge on any atom is 0.225 e. The Morgan fingerprint density at radius 3 is 3.00 bits per heavy atom. The molecule has 0 aliphatic heterocycles. The first-order valence-corrected chi connectivity index (χ1v) is 7.01. The van der Waals surface area contributed by atoms with Gasteiger partial charge >= 0.3 is 0 Å². The predicted octanol–water partition coefficient (Wildman–Crippen LogP) is 1.85. The van der Waals surface area contributed by atoms with Crippen molar-refractivity contribution in [2.24, 2.45) is 5.92 Å². The van der Waals surface area contributed by atoms with Gasteiger partial charge in [-0.25, -0.2) is 0 Å². The third-order valence-corrected chi connectivity index (χ3v) is 4.09. The summed E-state index contributed by atoms with van der Waals surface area (Å²) in [5.41, 5.74) is 1.11. The summed E-state index contributed by atoms with van der Waals surface area (Å²) in [5.74, 6) is 6.02. The Morgan fingerprint density at radius 1 is 1.61 bits per heavy atom. The maximum atomic E-state index is 12.0. The van der Waals surface area contributed by atoms with Crippen LogP contribution in [0.15, 0.2) is 11.4 Å². The van der Waals surface area contributed by atoms with Crippen LogP contribution in [0.1, 0.15) is 29.7 Å². The summed E-state index contributed by atoms with van der Waals surface area (Å²) in [6.07, 6.45) is 3.27. The Morgan fingerprint density at radius 2 is 2.39 bits per heavy atom. The van der Waals surface area contributed by atoms with Crippen LogP contribution in [0.25, 0.3) is 0 Å². The van der Waals surface area contributed by atoms with Crippen LogP contribution in [0.3, 0.4) is 0 Å². The monoisotopic (exact) mass is 263 g/mol. The van der Waals surface area contributed by atoms with Crippen molar-refractivity contribution in [1.82, 2.24) is 4.90 Å². The highest BCUT2D eigenvalue weighted by Gasteiger charge is 2.27. The first kappa shape index (κ1) is 13.1. The van der Waals surface area contributed by atoms with E-state index in [1.54, 1.807) is 16.2 Å². The molecule has 0 unspecified atom stereocenters. The summed E-state index contributed by atoms with van der Waals surface area (Å²) in [5, 5.41) is 10.6. The molecule has 1 heterocycles. The Balaban J connectivity index is 1.92. The van der Waals surface area contributed by atoms with Gasteiger partial charge in [0.25, 0.3) is 0 Å². The molecule has 1 aromatic rings. The molecule has 0 aromatic carbocycles. The lowest BCUT2D eigenvalue weighted by atomic mass is 9.84. The summed E-state index contributed by atoms with van der Waals surface area (Å²) >= 11 is 1.55. The number of aliphatic hydroxyl groups excluding tert-OH is 1. The highest BCUT2D eigenvalue weighted by molar-refractivity contribution is 7.10. The van der Waals surface area contributed by atoms with Crippen molar-refractivity contribution in [3.63, 3.8) is 0 Å². The Bertz CT molecular complexity index is 479. The molecule has 1 aliphatic rings. The zero-order valence-electron chi connectivity index (χ0n) is 10.5. The van der Waals surface area contributed by atoms with Crippen molar-refractivity contribution in [3.8, 4) is 11.8 Å². The standard InChI is InChI=1S/C14H17NO2S/c1-15(14(17)12-4-2-5-12)9-11-8-13(18-10-11)6-3-7-16/h8,10,12,16H,2,4-5,7,9H2,1H3. The molecule has 1 saturated carbocycles.